The van der Waals surface area contributed by atoms with E-state index in [2.05, 4.69) is 0 Å². The number of nitriles is 1. The number of carboxylic acid groups (broad SMARTS) is 2. The van der Waals surface area contributed by atoms with Gasteiger partial charge >= 0.3 is 11.9 Å². The summed E-state index contributed by atoms with van der Waals surface area (Å²) in [6.07, 6.45) is -4.53. The quantitative estimate of drug-likeness (QED) is 0.396. The largest absolute Gasteiger partial charge is 0.508 e. The molecule has 0 fully saturated rings. The monoisotopic (exact) mass is 298 g/mol. The molecule has 0 aromatic heterocycles. The Hall–Kier alpha value is -2.67. The number of nitrogens with two attached hydrogens (primary N) is 1. The van der Waals surface area contributed by atoms with E-state index in [0.717, 1.165) is 0 Å². The Labute approximate surface area is 119 Å². The number of aliphatic carboxylic acids is 2. The van der Waals surface area contributed by atoms with E-state index in [1.165, 1.54) is 12.1 Å². The predicted molar refractivity (Wildman–Crippen MR) is 67.9 cm³/mol. The molecule has 0 heterocycles. The van der Waals surface area contributed by atoms with E-state index < -0.39 is 30.2 Å². The predicted octanol–water partition coefficient (Wildman–Crippen LogP) is -1.21. The van der Waals surface area contributed by atoms with Crippen molar-refractivity contribution in [3.63, 3.8) is 0 Å². The zero-order chi connectivity index (χ0) is 16.6. The number of benzene rings is 1. The average molecular weight is 298 g/mol. The molecule has 21 heavy (non-hydrogen) atoms. The van der Waals surface area contributed by atoms with Gasteiger partial charge in [-0.3, -0.25) is 0 Å². The maximum atomic E-state index is 9.77. The molecule has 1 aromatic rings. The van der Waals surface area contributed by atoms with Crippen molar-refractivity contribution >= 4 is 11.9 Å². The van der Waals surface area contributed by atoms with Crippen LogP contribution in [-0.4, -0.2) is 49.7 Å². The fraction of sp³-hybridized carbons (Fsp3) is 0.250. The van der Waals surface area contributed by atoms with Crippen molar-refractivity contribution in [1.29, 1.82) is 5.26 Å². The van der Waals surface area contributed by atoms with Gasteiger partial charge in [-0.15, -0.1) is 0 Å². The summed E-state index contributed by atoms with van der Waals surface area (Å²) in [6, 6.07) is 7.56. The number of aromatic hydroxyl groups is 1. The number of nitrogens with zero attached hydrogens (tertiary/aromatic N) is 1. The average Bonchev–Trinajstić information content (AvgIpc) is 2.46. The molecule has 0 amide bonds. The van der Waals surface area contributed by atoms with Crippen LogP contribution in [0.15, 0.2) is 24.3 Å². The lowest BCUT2D eigenvalue weighted by atomic mass is 10.1. The molecule has 0 bridgehead atoms. The normalized spacial score (nSPS) is 13.8. The number of phenolic OH excluding ortho intramolecular Hbond substituents is 1. The van der Waals surface area contributed by atoms with Crippen molar-refractivity contribution in [2.75, 3.05) is 0 Å². The van der Waals surface area contributed by atoms with Gasteiger partial charge < -0.3 is 31.3 Å². The van der Waals surface area contributed by atoms with Crippen LogP contribution in [0.4, 0.5) is 0 Å². The van der Waals surface area contributed by atoms with Crippen molar-refractivity contribution in [2.24, 2.45) is 5.73 Å². The van der Waals surface area contributed by atoms with Gasteiger partial charge in [0.1, 0.15) is 11.8 Å². The van der Waals surface area contributed by atoms with Gasteiger partial charge in [-0.2, -0.15) is 5.26 Å². The summed E-state index contributed by atoms with van der Waals surface area (Å²) >= 11 is 0. The number of phenols is 1. The Bertz CT molecular complexity index is 505. The number of aliphatic hydroxyl groups excluding tert-OH is 2. The van der Waals surface area contributed by atoms with Gasteiger partial charge in [-0.1, -0.05) is 12.1 Å². The van der Waals surface area contributed by atoms with Crippen LogP contribution in [0.1, 0.15) is 11.6 Å². The van der Waals surface area contributed by atoms with Crippen LogP contribution in [0.25, 0.3) is 0 Å². The van der Waals surface area contributed by atoms with Crippen LogP contribution in [0.2, 0.25) is 0 Å². The molecule has 9 heteroatoms. The fourth-order valence-corrected chi connectivity index (χ4v) is 1.03. The lowest BCUT2D eigenvalue weighted by Crippen LogP contribution is -2.39. The minimum absolute atomic E-state index is 0.180. The number of carbonyl (C=O) groups is 2. The minimum Gasteiger partial charge on any atom is -0.508 e. The molecule has 0 saturated heterocycles. The number of hydrogen-bond acceptors (Lipinski definition) is 7. The Morgan fingerprint density at radius 3 is 1.71 bits per heavy atom. The van der Waals surface area contributed by atoms with Crippen molar-refractivity contribution in [3.8, 4) is 11.8 Å². The molecule has 0 aliphatic rings. The minimum atomic E-state index is -2.27. The lowest BCUT2D eigenvalue weighted by Gasteiger charge is -2.07. The summed E-state index contributed by atoms with van der Waals surface area (Å²) in [5.74, 6) is -3.36. The summed E-state index contributed by atoms with van der Waals surface area (Å²) < 4.78 is 0. The zero-order valence-electron chi connectivity index (χ0n) is 10.6. The van der Waals surface area contributed by atoms with Gasteiger partial charge in [0.05, 0.1) is 6.07 Å². The number of aliphatic hydroxyl groups is 2. The summed E-state index contributed by atoms with van der Waals surface area (Å²) in [6.45, 7) is 0. The van der Waals surface area contributed by atoms with Gasteiger partial charge in [0.25, 0.3) is 0 Å². The summed E-state index contributed by atoms with van der Waals surface area (Å²) in [4.78, 5) is 19.5. The summed E-state index contributed by atoms with van der Waals surface area (Å²) in [5, 5.41) is 49.8. The molecule has 1 rings (SSSR count). The molecule has 0 radical (unpaired) electrons. The van der Waals surface area contributed by atoms with Crippen LogP contribution in [0.5, 0.6) is 5.75 Å². The Balaban J connectivity index is 0.000000384. The topological polar surface area (TPSA) is 185 Å². The Morgan fingerprint density at radius 1 is 1.05 bits per heavy atom. The highest BCUT2D eigenvalue weighted by molar-refractivity contribution is 5.83. The molecule has 9 nitrogen and oxygen atoms in total. The summed E-state index contributed by atoms with van der Waals surface area (Å²) in [7, 11) is 0. The van der Waals surface area contributed by atoms with Gasteiger partial charge in [0.2, 0.25) is 0 Å². The van der Waals surface area contributed by atoms with Crippen molar-refractivity contribution in [3.05, 3.63) is 29.8 Å². The highest BCUT2D eigenvalue weighted by Gasteiger charge is 2.29. The molecule has 0 aliphatic carbocycles. The first-order chi connectivity index (χ1) is 9.70. The summed E-state index contributed by atoms with van der Waals surface area (Å²) in [5.41, 5.74) is 6.11. The molecule has 3 unspecified atom stereocenters. The maximum Gasteiger partial charge on any atom is 0.335 e. The van der Waals surface area contributed by atoms with Gasteiger partial charge in [-0.05, 0) is 17.7 Å². The van der Waals surface area contributed by atoms with Gasteiger partial charge in [0.15, 0.2) is 12.2 Å². The molecular weight excluding hydrogens is 284 g/mol. The fourth-order valence-electron chi connectivity index (χ4n) is 1.03. The van der Waals surface area contributed by atoms with Gasteiger partial charge in [-0.25, -0.2) is 9.59 Å². The van der Waals surface area contributed by atoms with E-state index >= 15 is 0 Å². The van der Waals surface area contributed by atoms with Crippen LogP contribution < -0.4 is 5.73 Å². The number of hydrogen-bond donors (Lipinski definition) is 6. The molecular formula is C12H14N2O7. The van der Waals surface area contributed by atoms with Crippen molar-refractivity contribution in [1.82, 2.24) is 0 Å². The highest BCUT2D eigenvalue weighted by Crippen LogP contribution is 2.13. The Kier molecular flexibility index (Phi) is 7.41. The van der Waals surface area contributed by atoms with Crippen LogP contribution >= 0.6 is 0 Å². The van der Waals surface area contributed by atoms with Crippen LogP contribution in [0, 0.1) is 11.3 Å². The van der Waals surface area contributed by atoms with E-state index in [9.17, 15) is 9.59 Å². The van der Waals surface area contributed by atoms with Crippen molar-refractivity contribution in [2.45, 2.75) is 18.2 Å². The third-order valence-electron chi connectivity index (χ3n) is 2.20. The smallest absolute Gasteiger partial charge is 0.335 e. The van der Waals surface area contributed by atoms with E-state index in [0.29, 0.717) is 5.56 Å². The second-order valence-corrected chi connectivity index (χ2v) is 3.76. The van der Waals surface area contributed by atoms with E-state index in [4.69, 9.17) is 36.5 Å². The van der Waals surface area contributed by atoms with E-state index in [1.807, 2.05) is 6.07 Å². The van der Waals surface area contributed by atoms with E-state index in [1.54, 1.807) is 12.1 Å². The van der Waals surface area contributed by atoms with Crippen LogP contribution in [0.3, 0.4) is 0 Å². The third kappa shape index (κ3) is 6.35. The molecule has 0 aliphatic heterocycles. The maximum absolute atomic E-state index is 9.77. The first-order valence-electron chi connectivity index (χ1n) is 5.46. The highest BCUT2D eigenvalue weighted by atomic mass is 16.4. The van der Waals surface area contributed by atoms with Gasteiger partial charge in [0, 0.05) is 0 Å². The Morgan fingerprint density at radius 2 is 1.43 bits per heavy atom. The SMILES string of the molecule is N#CC(N)c1ccc(O)cc1.O=C(O)C(O)C(O)C(=O)O. The lowest BCUT2D eigenvalue weighted by molar-refractivity contribution is -0.165. The molecule has 0 spiro atoms. The van der Waals surface area contributed by atoms with Crippen molar-refractivity contribution < 1.29 is 35.1 Å². The number of rotatable bonds is 4. The molecule has 114 valence electrons. The molecule has 0 saturated carbocycles. The first kappa shape index (κ1) is 18.3. The zero-order valence-corrected chi connectivity index (χ0v) is 10.6. The third-order valence-corrected chi connectivity index (χ3v) is 2.20. The molecule has 7 N–H and O–H groups in total. The standard InChI is InChI=1S/C8H8N2O.C4H6O6/c9-5-8(10)6-1-3-7(11)4-2-6;5-1(3(7)8)2(6)4(9)10/h1-4,8,11H,10H2;1-2,5-6H,(H,7,8)(H,9,10). The molecule has 1 aromatic carbocycles. The number of carboxylic acids is 2. The van der Waals surface area contributed by atoms with Crippen LogP contribution in [-0.2, 0) is 9.59 Å². The first-order valence-corrected chi connectivity index (χ1v) is 5.46. The second kappa shape index (κ2) is 8.49. The van der Waals surface area contributed by atoms with E-state index in [-0.39, 0.29) is 5.75 Å². The molecule has 3 atom stereocenters. The second-order valence-electron chi connectivity index (χ2n) is 3.76.